The standard InChI is InChI=1S/C12H16FNO4/c1-18-9-3-2-6(4-7(9)13)10-12(17)11(16)8(5-15)14-10/h2-4,8,10-12,14-17H,5H2,1H3/t8-,10-,11-,12-/m1/s1. The Kier molecular flexibility index (Phi) is 3.82. The zero-order chi connectivity index (χ0) is 13.3. The van der Waals surface area contributed by atoms with Crippen LogP contribution in [0, 0.1) is 5.82 Å². The molecule has 0 unspecified atom stereocenters. The Morgan fingerprint density at radius 2 is 2.06 bits per heavy atom. The number of aliphatic hydroxyl groups is 3. The lowest BCUT2D eigenvalue weighted by Gasteiger charge is -2.16. The van der Waals surface area contributed by atoms with Gasteiger partial charge in [0, 0.05) is 0 Å². The molecule has 0 saturated carbocycles. The number of methoxy groups -OCH3 is 1. The summed E-state index contributed by atoms with van der Waals surface area (Å²) in [6.45, 7) is -0.298. The third kappa shape index (κ3) is 2.20. The summed E-state index contributed by atoms with van der Waals surface area (Å²) in [5.41, 5.74) is 0.496. The van der Waals surface area contributed by atoms with Gasteiger partial charge in [0.25, 0.3) is 0 Å². The number of nitrogens with one attached hydrogen (secondary N) is 1. The molecule has 0 spiro atoms. The van der Waals surface area contributed by atoms with Crippen molar-refractivity contribution in [2.24, 2.45) is 0 Å². The molecule has 18 heavy (non-hydrogen) atoms. The van der Waals surface area contributed by atoms with E-state index >= 15 is 0 Å². The quantitative estimate of drug-likeness (QED) is 0.590. The van der Waals surface area contributed by atoms with E-state index in [9.17, 15) is 14.6 Å². The van der Waals surface area contributed by atoms with Crippen molar-refractivity contribution in [2.45, 2.75) is 24.3 Å². The van der Waals surface area contributed by atoms with Crippen molar-refractivity contribution in [3.63, 3.8) is 0 Å². The second-order valence-corrected chi connectivity index (χ2v) is 4.31. The van der Waals surface area contributed by atoms with Crippen LogP contribution in [0.1, 0.15) is 11.6 Å². The van der Waals surface area contributed by atoms with Crippen molar-refractivity contribution in [3.8, 4) is 5.75 Å². The predicted molar refractivity (Wildman–Crippen MR) is 61.7 cm³/mol. The third-order valence-corrected chi connectivity index (χ3v) is 3.23. The predicted octanol–water partition coefficient (Wildman–Crippen LogP) is -0.439. The number of hydrogen-bond acceptors (Lipinski definition) is 5. The molecule has 0 aromatic heterocycles. The van der Waals surface area contributed by atoms with Crippen LogP contribution in [-0.4, -0.2) is 47.3 Å². The lowest BCUT2D eigenvalue weighted by atomic mass is 10.0. The van der Waals surface area contributed by atoms with Crippen molar-refractivity contribution in [3.05, 3.63) is 29.6 Å². The molecule has 4 atom stereocenters. The summed E-state index contributed by atoms with van der Waals surface area (Å²) < 4.78 is 18.4. The Morgan fingerprint density at radius 1 is 1.33 bits per heavy atom. The van der Waals surface area contributed by atoms with Crippen LogP contribution in [0.15, 0.2) is 18.2 Å². The number of ether oxygens (including phenoxy) is 1. The molecule has 1 aliphatic rings. The molecule has 1 aliphatic heterocycles. The van der Waals surface area contributed by atoms with Gasteiger partial charge in [-0.25, -0.2) is 4.39 Å². The van der Waals surface area contributed by atoms with Crippen molar-refractivity contribution in [1.82, 2.24) is 5.32 Å². The van der Waals surface area contributed by atoms with Crippen LogP contribution >= 0.6 is 0 Å². The molecule has 0 radical (unpaired) electrons. The Morgan fingerprint density at radius 3 is 2.56 bits per heavy atom. The summed E-state index contributed by atoms with van der Waals surface area (Å²) in [6.07, 6.45) is -2.17. The van der Waals surface area contributed by atoms with Crippen LogP contribution in [0.2, 0.25) is 0 Å². The fourth-order valence-corrected chi connectivity index (χ4v) is 2.19. The first-order valence-corrected chi connectivity index (χ1v) is 5.65. The zero-order valence-electron chi connectivity index (χ0n) is 9.88. The molecule has 1 saturated heterocycles. The average Bonchev–Trinajstić information content (AvgIpc) is 2.66. The van der Waals surface area contributed by atoms with Crippen molar-refractivity contribution >= 4 is 0 Å². The smallest absolute Gasteiger partial charge is 0.165 e. The fourth-order valence-electron chi connectivity index (χ4n) is 2.19. The molecule has 0 amide bonds. The number of hydrogen-bond donors (Lipinski definition) is 4. The highest BCUT2D eigenvalue weighted by atomic mass is 19.1. The Labute approximate surface area is 104 Å². The van der Waals surface area contributed by atoms with Crippen molar-refractivity contribution in [2.75, 3.05) is 13.7 Å². The molecule has 100 valence electrons. The summed E-state index contributed by atoms with van der Waals surface area (Å²) in [7, 11) is 1.37. The van der Waals surface area contributed by atoms with Crippen LogP contribution in [0.4, 0.5) is 4.39 Å². The van der Waals surface area contributed by atoms with Gasteiger partial charge in [0.2, 0.25) is 0 Å². The Hall–Kier alpha value is -1.21. The van der Waals surface area contributed by atoms with Gasteiger partial charge in [-0.05, 0) is 17.7 Å². The molecule has 1 aromatic rings. The molecule has 6 heteroatoms. The van der Waals surface area contributed by atoms with Gasteiger partial charge in [-0.15, -0.1) is 0 Å². The highest BCUT2D eigenvalue weighted by Gasteiger charge is 2.41. The lowest BCUT2D eigenvalue weighted by Crippen LogP contribution is -2.35. The monoisotopic (exact) mass is 257 g/mol. The van der Waals surface area contributed by atoms with Crippen molar-refractivity contribution in [1.29, 1.82) is 0 Å². The van der Waals surface area contributed by atoms with E-state index in [0.29, 0.717) is 5.56 Å². The number of halogens is 1. The molecular weight excluding hydrogens is 241 g/mol. The maximum atomic E-state index is 13.6. The molecule has 1 fully saturated rings. The molecule has 1 aromatic carbocycles. The van der Waals surface area contributed by atoms with Gasteiger partial charge in [0.05, 0.1) is 31.9 Å². The van der Waals surface area contributed by atoms with Crippen LogP contribution in [-0.2, 0) is 0 Å². The average molecular weight is 257 g/mol. The van der Waals surface area contributed by atoms with Crippen LogP contribution in [0.25, 0.3) is 0 Å². The van der Waals surface area contributed by atoms with Gasteiger partial charge in [0.1, 0.15) is 6.10 Å². The zero-order valence-corrected chi connectivity index (χ0v) is 9.88. The topological polar surface area (TPSA) is 82.0 Å². The highest BCUT2D eigenvalue weighted by molar-refractivity contribution is 5.32. The van der Waals surface area contributed by atoms with Gasteiger partial charge >= 0.3 is 0 Å². The lowest BCUT2D eigenvalue weighted by molar-refractivity contribution is 0.0194. The largest absolute Gasteiger partial charge is 0.494 e. The van der Waals surface area contributed by atoms with Crippen LogP contribution < -0.4 is 10.1 Å². The van der Waals surface area contributed by atoms with Gasteiger partial charge in [-0.1, -0.05) is 6.07 Å². The maximum absolute atomic E-state index is 13.6. The maximum Gasteiger partial charge on any atom is 0.165 e. The molecular formula is C12H16FNO4. The number of benzene rings is 1. The second-order valence-electron chi connectivity index (χ2n) is 4.31. The summed E-state index contributed by atoms with van der Waals surface area (Å²) in [5, 5.41) is 31.4. The van der Waals surface area contributed by atoms with Crippen molar-refractivity contribution < 1.29 is 24.4 Å². The van der Waals surface area contributed by atoms with Crippen LogP contribution in [0.3, 0.4) is 0 Å². The molecule has 2 rings (SSSR count). The van der Waals surface area contributed by atoms with E-state index in [1.54, 1.807) is 6.07 Å². The van der Waals surface area contributed by atoms with E-state index in [4.69, 9.17) is 9.84 Å². The Bertz CT molecular complexity index is 429. The first kappa shape index (κ1) is 13.2. The molecule has 0 bridgehead atoms. The number of aliphatic hydroxyl groups excluding tert-OH is 3. The van der Waals surface area contributed by atoms with Crippen LogP contribution in [0.5, 0.6) is 5.75 Å². The third-order valence-electron chi connectivity index (χ3n) is 3.23. The van der Waals surface area contributed by atoms with Gasteiger partial charge in [-0.2, -0.15) is 0 Å². The van der Waals surface area contributed by atoms with Gasteiger partial charge in [0.15, 0.2) is 11.6 Å². The minimum absolute atomic E-state index is 0.116. The minimum Gasteiger partial charge on any atom is -0.494 e. The van der Waals surface area contributed by atoms with Gasteiger partial charge in [-0.3, -0.25) is 0 Å². The van der Waals surface area contributed by atoms with Gasteiger partial charge < -0.3 is 25.4 Å². The number of rotatable bonds is 3. The molecule has 4 N–H and O–H groups in total. The molecule has 5 nitrogen and oxygen atoms in total. The fraction of sp³-hybridized carbons (Fsp3) is 0.500. The Balaban J connectivity index is 2.24. The normalized spacial score (nSPS) is 31.6. The second kappa shape index (κ2) is 5.19. The summed E-state index contributed by atoms with van der Waals surface area (Å²) >= 11 is 0. The molecule has 0 aliphatic carbocycles. The van der Waals surface area contributed by atoms with E-state index in [2.05, 4.69) is 5.32 Å². The molecule has 1 heterocycles. The first-order chi connectivity index (χ1) is 8.58. The minimum atomic E-state index is -1.09. The van der Waals surface area contributed by atoms with E-state index in [1.807, 2.05) is 0 Å². The summed E-state index contributed by atoms with van der Waals surface area (Å²) in [5.74, 6) is -0.420. The summed E-state index contributed by atoms with van der Waals surface area (Å²) in [6, 6.07) is 3.08. The van der Waals surface area contributed by atoms with E-state index in [-0.39, 0.29) is 12.4 Å². The van der Waals surface area contributed by atoms with E-state index in [1.165, 1.54) is 19.2 Å². The van der Waals surface area contributed by atoms with E-state index < -0.39 is 30.1 Å². The SMILES string of the molecule is COc1ccc([C@H]2N[C@H](CO)[C@@H](O)[C@@H]2O)cc1F. The first-order valence-electron chi connectivity index (χ1n) is 5.65. The van der Waals surface area contributed by atoms with E-state index in [0.717, 1.165) is 0 Å². The highest BCUT2D eigenvalue weighted by Crippen LogP contribution is 2.30. The summed E-state index contributed by atoms with van der Waals surface area (Å²) in [4.78, 5) is 0.